The van der Waals surface area contributed by atoms with E-state index in [1.54, 1.807) is 29.5 Å². The highest BCUT2D eigenvalue weighted by Gasteiger charge is 2.09. The number of carboxylic acids is 1. The third-order valence-corrected chi connectivity index (χ3v) is 3.68. The number of hydrogen-bond acceptors (Lipinski definition) is 4. The quantitative estimate of drug-likeness (QED) is 0.869. The van der Waals surface area contributed by atoms with Crippen LogP contribution in [0, 0.1) is 0 Å². The predicted octanol–water partition coefficient (Wildman–Crippen LogP) is 3.02. The molecule has 0 unspecified atom stereocenters. The van der Waals surface area contributed by atoms with E-state index in [2.05, 4.69) is 17.2 Å². The first-order valence-corrected chi connectivity index (χ1v) is 6.52. The molecule has 0 aliphatic rings. The lowest BCUT2D eigenvalue weighted by molar-refractivity contribution is 0.0698. The van der Waals surface area contributed by atoms with Crippen LogP contribution in [-0.4, -0.2) is 16.1 Å². The first kappa shape index (κ1) is 12.6. The lowest BCUT2D eigenvalue weighted by Crippen LogP contribution is -2.05. The van der Waals surface area contributed by atoms with E-state index in [0.29, 0.717) is 12.2 Å². The highest BCUT2D eigenvalue weighted by Crippen LogP contribution is 2.18. The summed E-state index contributed by atoms with van der Waals surface area (Å²) in [6, 6.07) is 6.88. The molecule has 94 valence electrons. The minimum atomic E-state index is -0.925. The second kappa shape index (κ2) is 5.64. The monoisotopic (exact) mass is 262 g/mol. The van der Waals surface area contributed by atoms with Gasteiger partial charge in [-0.3, -0.25) is 0 Å². The third-order valence-electron chi connectivity index (χ3n) is 2.54. The van der Waals surface area contributed by atoms with E-state index in [0.717, 1.165) is 11.4 Å². The fraction of sp³-hybridized carbons (Fsp3) is 0.231. The van der Waals surface area contributed by atoms with Crippen LogP contribution < -0.4 is 5.32 Å². The van der Waals surface area contributed by atoms with Gasteiger partial charge in [-0.15, -0.1) is 11.3 Å². The van der Waals surface area contributed by atoms with Crippen LogP contribution in [0.1, 0.15) is 27.2 Å². The number of aryl methyl sites for hydroxylation is 1. The van der Waals surface area contributed by atoms with Gasteiger partial charge in [0.1, 0.15) is 5.01 Å². The molecule has 0 saturated carbocycles. The molecule has 4 nitrogen and oxygen atoms in total. The summed E-state index contributed by atoms with van der Waals surface area (Å²) in [5.41, 5.74) is 0.906. The number of anilines is 1. The molecule has 2 rings (SSSR count). The van der Waals surface area contributed by atoms with Crippen LogP contribution in [0.3, 0.4) is 0 Å². The number of carbonyl (C=O) groups is 1. The molecule has 0 atom stereocenters. The minimum Gasteiger partial charge on any atom is -0.478 e. The molecular formula is C13H14N2O2S. The standard InChI is InChI=1S/C13H14N2O2S/c1-2-9-7-15-12(18-9)8-14-11-6-4-3-5-10(11)13(16)17/h3-7,14H,2,8H2,1H3,(H,16,17). The molecule has 0 amide bonds. The molecule has 0 aliphatic carbocycles. The Hall–Kier alpha value is -1.88. The van der Waals surface area contributed by atoms with Gasteiger partial charge >= 0.3 is 5.97 Å². The lowest BCUT2D eigenvalue weighted by atomic mass is 10.2. The first-order valence-electron chi connectivity index (χ1n) is 5.70. The van der Waals surface area contributed by atoms with E-state index >= 15 is 0 Å². The molecule has 1 heterocycles. The van der Waals surface area contributed by atoms with Crippen molar-refractivity contribution in [3.63, 3.8) is 0 Å². The van der Waals surface area contributed by atoms with E-state index in [1.165, 1.54) is 4.88 Å². The molecule has 18 heavy (non-hydrogen) atoms. The molecule has 0 spiro atoms. The van der Waals surface area contributed by atoms with Gasteiger partial charge in [-0.25, -0.2) is 9.78 Å². The zero-order valence-electron chi connectivity index (χ0n) is 10.0. The molecule has 0 radical (unpaired) electrons. The van der Waals surface area contributed by atoms with E-state index in [-0.39, 0.29) is 5.56 Å². The topological polar surface area (TPSA) is 62.2 Å². The minimum absolute atomic E-state index is 0.282. The number of hydrogen-bond donors (Lipinski definition) is 2. The zero-order valence-corrected chi connectivity index (χ0v) is 10.8. The molecule has 5 heteroatoms. The van der Waals surface area contributed by atoms with Gasteiger partial charge < -0.3 is 10.4 Å². The first-order chi connectivity index (χ1) is 8.70. The number of aromatic carboxylic acids is 1. The number of nitrogens with one attached hydrogen (secondary N) is 1. The van der Waals surface area contributed by atoms with Crippen molar-refractivity contribution in [1.29, 1.82) is 0 Å². The largest absolute Gasteiger partial charge is 0.478 e. The summed E-state index contributed by atoms with van der Waals surface area (Å²) in [5.74, 6) is -0.925. The van der Waals surface area contributed by atoms with Crippen molar-refractivity contribution < 1.29 is 9.90 Å². The van der Waals surface area contributed by atoms with E-state index in [4.69, 9.17) is 5.11 Å². The Morgan fingerprint density at radius 3 is 2.89 bits per heavy atom. The van der Waals surface area contributed by atoms with Gasteiger partial charge in [0.15, 0.2) is 0 Å². The fourth-order valence-corrected chi connectivity index (χ4v) is 2.39. The van der Waals surface area contributed by atoms with Gasteiger partial charge in [0, 0.05) is 16.8 Å². The van der Waals surface area contributed by atoms with Crippen molar-refractivity contribution in [3.8, 4) is 0 Å². The Balaban J connectivity index is 2.08. The molecule has 2 N–H and O–H groups in total. The van der Waals surface area contributed by atoms with Gasteiger partial charge in [0.05, 0.1) is 12.1 Å². The molecule has 1 aromatic heterocycles. The smallest absolute Gasteiger partial charge is 0.337 e. The summed E-state index contributed by atoms with van der Waals surface area (Å²) < 4.78 is 0. The zero-order chi connectivity index (χ0) is 13.0. The highest BCUT2D eigenvalue weighted by atomic mass is 32.1. The molecular weight excluding hydrogens is 248 g/mol. The number of para-hydroxylation sites is 1. The number of thiazole rings is 1. The molecule has 2 aromatic rings. The van der Waals surface area contributed by atoms with E-state index in [1.807, 2.05) is 12.3 Å². The molecule has 0 aliphatic heterocycles. The summed E-state index contributed by atoms with van der Waals surface area (Å²) >= 11 is 1.65. The molecule has 0 fully saturated rings. The second-order valence-electron chi connectivity index (χ2n) is 3.78. The summed E-state index contributed by atoms with van der Waals surface area (Å²) in [4.78, 5) is 16.6. The van der Waals surface area contributed by atoms with Gasteiger partial charge in [-0.2, -0.15) is 0 Å². The van der Waals surface area contributed by atoms with Crippen LogP contribution in [0.25, 0.3) is 0 Å². The second-order valence-corrected chi connectivity index (χ2v) is 4.98. The third kappa shape index (κ3) is 2.87. The van der Waals surface area contributed by atoms with Crippen LogP contribution >= 0.6 is 11.3 Å². The van der Waals surface area contributed by atoms with Crippen molar-refractivity contribution in [2.24, 2.45) is 0 Å². The molecule has 1 aromatic carbocycles. The maximum Gasteiger partial charge on any atom is 0.337 e. The number of benzene rings is 1. The maximum absolute atomic E-state index is 11.0. The lowest BCUT2D eigenvalue weighted by Gasteiger charge is -2.07. The van der Waals surface area contributed by atoms with E-state index in [9.17, 15) is 4.79 Å². The van der Waals surface area contributed by atoms with E-state index < -0.39 is 5.97 Å². The van der Waals surface area contributed by atoms with Crippen molar-refractivity contribution in [1.82, 2.24) is 4.98 Å². The van der Waals surface area contributed by atoms with Gasteiger partial charge in [-0.1, -0.05) is 19.1 Å². The van der Waals surface area contributed by atoms with Gasteiger partial charge in [0.25, 0.3) is 0 Å². The summed E-state index contributed by atoms with van der Waals surface area (Å²) in [5, 5.41) is 13.1. The predicted molar refractivity (Wildman–Crippen MR) is 72.2 cm³/mol. The Morgan fingerprint density at radius 2 is 2.22 bits per heavy atom. The number of carboxylic acid groups (broad SMARTS) is 1. The maximum atomic E-state index is 11.0. The summed E-state index contributed by atoms with van der Waals surface area (Å²) in [6.45, 7) is 2.64. The van der Waals surface area contributed by atoms with Crippen LogP contribution in [0.2, 0.25) is 0 Å². The Kier molecular flexibility index (Phi) is 3.94. The number of rotatable bonds is 5. The average Bonchev–Trinajstić information content (AvgIpc) is 2.84. The Morgan fingerprint density at radius 1 is 1.44 bits per heavy atom. The Bertz CT molecular complexity index is 551. The average molecular weight is 262 g/mol. The van der Waals surface area contributed by atoms with Crippen LogP contribution in [-0.2, 0) is 13.0 Å². The highest BCUT2D eigenvalue weighted by molar-refractivity contribution is 7.11. The molecule has 0 saturated heterocycles. The normalized spacial score (nSPS) is 10.3. The summed E-state index contributed by atoms with van der Waals surface area (Å²) in [7, 11) is 0. The van der Waals surface area contributed by atoms with Gasteiger partial charge in [-0.05, 0) is 18.6 Å². The summed E-state index contributed by atoms with van der Waals surface area (Å²) in [6.07, 6.45) is 2.84. The molecule has 0 bridgehead atoms. The number of nitrogens with zero attached hydrogens (tertiary/aromatic N) is 1. The Labute approximate surface area is 109 Å². The van der Waals surface area contributed by atoms with Crippen molar-refractivity contribution >= 4 is 23.0 Å². The van der Waals surface area contributed by atoms with Crippen molar-refractivity contribution in [2.75, 3.05) is 5.32 Å². The van der Waals surface area contributed by atoms with Gasteiger partial charge in [0.2, 0.25) is 0 Å². The van der Waals surface area contributed by atoms with Crippen LogP contribution in [0.15, 0.2) is 30.5 Å². The van der Waals surface area contributed by atoms with Crippen LogP contribution in [0.4, 0.5) is 5.69 Å². The SMILES string of the molecule is CCc1cnc(CNc2ccccc2C(=O)O)s1. The van der Waals surface area contributed by atoms with Crippen LogP contribution in [0.5, 0.6) is 0 Å². The number of aromatic nitrogens is 1. The van der Waals surface area contributed by atoms with Crippen molar-refractivity contribution in [3.05, 3.63) is 45.9 Å². The fourth-order valence-electron chi connectivity index (χ4n) is 1.59. The van der Waals surface area contributed by atoms with Crippen molar-refractivity contribution in [2.45, 2.75) is 19.9 Å².